The second-order valence-corrected chi connectivity index (χ2v) is 16.4. The third kappa shape index (κ3) is 51.2. The molecule has 2 heterocycles. The Balaban J connectivity index is -0.000000162. The van der Waals surface area contributed by atoms with E-state index in [4.69, 9.17) is 57.3 Å². The minimum absolute atomic E-state index is 0. The molecule has 16 heteroatoms. The maximum atomic E-state index is 12.6. The van der Waals surface area contributed by atoms with Crippen LogP contribution in [0.3, 0.4) is 0 Å². The van der Waals surface area contributed by atoms with Crippen LogP contribution in [0.2, 0.25) is 0 Å². The molecule has 0 radical (unpaired) electrons. The van der Waals surface area contributed by atoms with Gasteiger partial charge in [0.05, 0.1) is 10.0 Å². The molecule has 70 heavy (non-hydrogen) atoms. The maximum Gasteiger partial charge on any atom is 0.329 e. The highest BCUT2D eigenvalue weighted by atomic mass is 35.5. The second kappa shape index (κ2) is 45.5. The summed E-state index contributed by atoms with van der Waals surface area (Å²) < 4.78 is 133. The SMILES string of the molecule is C.C.C.CC(=O)OC(C)(C)C.CC(C)=O.CC(C)[C@H](C(=O)O)c1ccc(F)cc1.CC1CC1C(=O)Cl.CCC(=O)Cl.CCc1ccc(F)cc1.[2H]C([2H])([2H])N1C(=C)C([2H])([2H])C([2H])([2H])C1([2H])[2H].[2H]C([2H])([2H])OCC(=O)O.[2H]C1([2H])CCC(=C)N1C. The average Bonchev–Trinajstić information content (AvgIpc) is 3.97. The number of hydrogen-bond donors (Lipinski definition) is 2. The van der Waals surface area contributed by atoms with Crippen LogP contribution in [0.1, 0.15) is 173 Å². The van der Waals surface area contributed by atoms with Gasteiger partial charge in [0.25, 0.3) is 0 Å². The summed E-state index contributed by atoms with van der Waals surface area (Å²) in [5.74, 6) is -2.52. The number of likely N-dealkylation sites (tertiary alicyclic amines) is 2. The van der Waals surface area contributed by atoms with E-state index in [1.807, 2.05) is 48.5 Å². The molecular formula is C54H92Cl2F2N2O10. The second-order valence-electron chi connectivity index (χ2n) is 15.6. The number of carboxylic acids is 2. The van der Waals surface area contributed by atoms with Gasteiger partial charge >= 0.3 is 17.9 Å². The van der Waals surface area contributed by atoms with E-state index in [1.165, 1.54) is 62.7 Å². The van der Waals surface area contributed by atoms with E-state index >= 15 is 0 Å². The third-order valence-electron chi connectivity index (χ3n) is 7.69. The molecule has 0 bridgehead atoms. The number of benzene rings is 2. The van der Waals surface area contributed by atoms with Crippen LogP contribution in [0.4, 0.5) is 8.78 Å². The molecule has 12 nitrogen and oxygen atoms in total. The first-order chi connectivity index (χ1) is 36.2. The van der Waals surface area contributed by atoms with Crippen molar-refractivity contribution in [1.29, 1.82) is 0 Å². The average molecular weight is 1050 g/mol. The molecule has 3 fully saturated rings. The first-order valence-electron chi connectivity index (χ1n) is 27.8. The van der Waals surface area contributed by atoms with Crippen LogP contribution in [0.5, 0.6) is 0 Å². The third-order valence-corrected chi connectivity index (χ3v) is 8.24. The van der Waals surface area contributed by atoms with E-state index in [0.717, 1.165) is 25.0 Å². The van der Waals surface area contributed by atoms with Crippen LogP contribution in [0.15, 0.2) is 73.1 Å². The molecule has 2 aromatic rings. The first kappa shape index (κ1) is 51.7. The number of carbonyl (C=O) groups is 6. The summed E-state index contributed by atoms with van der Waals surface area (Å²) in [5, 5.41) is 16.4. The Morgan fingerprint density at radius 3 is 1.50 bits per heavy atom. The lowest BCUT2D eigenvalue weighted by atomic mass is 9.89. The predicted octanol–water partition coefficient (Wildman–Crippen LogP) is 13.6. The molecule has 0 amide bonds. The highest BCUT2D eigenvalue weighted by Gasteiger charge is 2.37. The number of halogens is 4. The number of aliphatic carboxylic acids is 2. The minimum Gasteiger partial charge on any atom is -0.481 e. The number of Topliss-reactive ketones (excluding diaryl/α,β-unsaturated/α-hetero) is 1. The zero-order valence-corrected chi connectivity index (χ0v) is 42.2. The Labute approximate surface area is 451 Å². The van der Waals surface area contributed by atoms with Gasteiger partial charge in [-0.15, -0.1) is 0 Å². The standard InChI is InChI=1S/C11H13FO2.C8H9F.2C6H11N.C6H12O2.C5H7ClO.C3H5ClO.C3H6O3.C3H6O.3CH4/c1-7(2)10(11(13)14)8-3-5-9(12)6-4-8;1-2-7-3-5-8(9)6-4-7;2*1-6-4-3-5-7(6)2;1-5(7)8-6(2,3)4;1-3-2-4(3)5(6)7;1-2-3(4)5;1-6-2-3(4)5;1-3(2)4;;;/h3-7,10H,1-2H3,(H,13,14);3-6H,2H2,1H3;2*1,3-5H2,2H3;1-4H3;3-4H,2H2,1H3;2H2,1H3;2H2,1H3,(H,4,5);1-2H3;3*1H4/t10-;;;;;;;;;;;/m0.........../s1/i;;2D3,3D2,4D2,5D2;5D2;;;;1D3;;;;. The smallest absolute Gasteiger partial charge is 0.329 e. The first-order valence-corrected chi connectivity index (χ1v) is 21.5. The van der Waals surface area contributed by atoms with Crippen molar-refractivity contribution in [3.63, 3.8) is 0 Å². The highest BCUT2D eigenvalue weighted by Crippen LogP contribution is 2.39. The van der Waals surface area contributed by atoms with Crippen LogP contribution in [0, 0.1) is 29.4 Å². The van der Waals surface area contributed by atoms with Gasteiger partial charge in [0, 0.05) is 79.8 Å². The Morgan fingerprint density at radius 2 is 1.33 bits per heavy atom. The van der Waals surface area contributed by atoms with Crippen LogP contribution < -0.4 is 0 Å². The summed E-state index contributed by atoms with van der Waals surface area (Å²) in [5.41, 5.74) is 1.69. The van der Waals surface area contributed by atoms with Gasteiger partial charge in [-0.3, -0.25) is 19.2 Å². The molecule has 0 aromatic heterocycles. The molecule has 1 aliphatic carbocycles. The normalized spacial score (nSPS) is 20.9. The summed E-state index contributed by atoms with van der Waals surface area (Å²) in [6.07, 6.45) is -1.95. The van der Waals surface area contributed by atoms with Crippen LogP contribution in [-0.2, 0) is 44.7 Å². The topological polar surface area (TPSA) is 168 Å². The molecule has 0 spiro atoms. The number of carboxylic acid groups (broad SMARTS) is 2. The van der Waals surface area contributed by atoms with E-state index in [1.54, 1.807) is 31.0 Å². The molecule has 2 aliphatic heterocycles. The van der Waals surface area contributed by atoms with Gasteiger partial charge in [-0.05, 0) is 143 Å². The molecule has 2 saturated heterocycles. The van der Waals surface area contributed by atoms with Crippen LogP contribution >= 0.6 is 23.2 Å². The summed E-state index contributed by atoms with van der Waals surface area (Å²) in [7, 11) is -0.853. The fourth-order valence-electron chi connectivity index (χ4n) is 4.26. The Kier molecular flexibility index (Phi) is 33.6. The van der Waals surface area contributed by atoms with Crippen molar-refractivity contribution in [2.45, 2.75) is 155 Å². The number of allylic oxidation sites excluding steroid dienone is 2. The number of nitrogens with zero attached hydrogens (tertiary/aromatic N) is 2. The van der Waals surface area contributed by atoms with Crippen LogP contribution in [0.25, 0.3) is 0 Å². The van der Waals surface area contributed by atoms with Gasteiger partial charge in [0.1, 0.15) is 29.6 Å². The lowest BCUT2D eigenvalue weighted by Gasteiger charge is -2.17. The molecule has 2 unspecified atom stereocenters. The summed E-state index contributed by atoms with van der Waals surface area (Å²) in [6.45, 7) is 18.5. The molecule has 5 rings (SSSR count). The van der Waals surface area contributed by atoms with Crippen molar-refractivity contribution >= 4 is 57.4 Å². The van der Waals surface area contributed by atoms with Crippen molar-refractivity contribution in [2.24, 2.45) is 17.8 Å². The number of ketones is 1. The van der Waals surface area contributed by atoms with Crippen molar-refractivity contribution in [3.05, 3.63) is 95.8 Å². The van der Waals surface area contributed by atoms with E-state index in [9.17, 15) is 37.5 Å². The fourth-order valence-corrected chi connectivity index (χ4v) is 4.57. The number of ether oxygens (including phenoxy) is 2. The van der Waals surface area contributed by atoms with E-state index in [2.05, 4.69) is 17.9 Å². The summed E-state index contributed by atoms with van der Waals surface area (Å²) in [6, 6.07) is 12.2. The van der Waals surface area contributed by atoms with E-state index in [0.29, 0.717) is 24.3 Å². The summed E-state index contributed by atoms with van der Waals surface area (Å²) in [4.78, 5) is 61.7. The predicted molar refractivity (Wildman–Crippen MR) is 286 cm³/mol. The molecule has 3 aliphatic rings. The highest BCUT2D eigenvalue weighted by molar-refractivity contribution is 6.64. The van der Waals surface area contributed by atoms with Crippen molar-refractivity contribution in [2.75, 3.05) is 40.7 Å². The molecule has 2 aromatic carbocycles. The molecular weight excluding hydrogens is 945 g/mol. The van der Waals surface area contributed by atoms with Crippen molar-refractivity contribution in [1.82, 2.24) is 9.80 Å². The van der Waals surface area contributed by atoms with Crippen LogP contribution in [-0.4, -0.2) is 100 Å². The zero-order valence-electron chi connectivity index (χ0n) is 54.7. The monoisotopic (exact) mass is 1050 g/mol. The molecule has 1 saturated carbocycles. The number of aryl methyl sites for hydroxylation is 1. The lowest BCUT2D eigenvalue weighted by Crippen LogP contribution is -2.21. The Bertz CT molecular complexity index is 2320. The van der Waals surface area contributed by atoms with Gasteiger partial charge in [-0.1, -0.05) is 94.3 Å². The minimum atomic E-state index is -2.98. The van der Waals surface area contributed by atoms with Gasteiger partial charge in [0.2, 0.25) is 10.5 Å². The van der Waals surface area contributed by atoms with E-state index in [-0.39, 0.29) is 78.5 Å². The number of esters is 1. The van der Waals surface area contributed by atoms with Gasteiger partial charge in [-0.25, -0.2) is 13.6 Å². The molecule has 2 N–H and O–H groups in total. The summed E-state index contributed by atoms with van der Waals surface area (Å²) >= 11 is 9.95. The quantitative estimate of drug-likeness (QED) is 0.190. The van der Waals surface area contributed by atoms with Gasteiger partial charge in [-0.2, -0.15) is 0 Å². The Hall–Kier alpha value is -4.66. The van der Waals surface area contributed by atoms with Gasteiger partial charge in [0.15, 0.2) is 0 Å². The number of carbonyl (C=O) groups excluding carboxylic acids is 4. The van der Waals surface area contributed by atoms with E-state index < -0.39 is 69.9 Å². The fraction of sp³-hybridized carbons (Fsp3) is 0.593. The number of rotatable bonds is 8. The van der Waals surface area contributed by atoms with Gasteiger partial charge < -0.3 is 34.3 Å². The maximum absolute atomic E-state index is 12.6. The number of methoxy groups -OCH3 is 1. The van der Waals surface area contributed by atoms with Crippen molar-refractivity contribution in [3.8, 4) is 0 Å². The van der Waals surface area contributed by atoms with Crippen molar-refractivity contribution < 1.29 is 76.4 Å². The Morgan fingerprint density at radius 1 is 0.871 bits per heavy atom. The lowest BCUT2D eigenvalue weighted by molar-refractivity contribution is -0.152. The molecule has 406 valence electrons. The zero-order chi connectivity index (χ0) is 65.2. The number of hydrogen-bond acceptors (Lipinski definition) is 10. The largest absolute Gasteiger partial charge is 0.481 e. The molecule has 3 atom stereocenters.